The largest absolute Gasteiger partial charge is 0.462 e. The molecule has 0 aromatic carbocycles. The van der Waals surface area contributed by atoms with Gasteiger partial charge in [-0.25, -0.2) is 0 Å². The molecule has 1 atom stereocenters. The average Bonchev–Trinajstić information content (AvgIpc) is 2.19. The molecule has 4 heteroatoms. The minimum atomic E-state index is -0.318. The molecule has 96 valence electrons. The van der Waals surface area contributed by atoms with E-state index in [-0.39, 0.29) is 5.60 Å². The summed E-state index contributed by atoms with van der Waals surface area (Å²) in [6, 6.07) is 0.804. The fourth-order valence-corrected chi connectivity index (χ4v) is 2.00. The Hall–Kier alpha value is -0.0900. The molecule has 1 N–H and O–H groups in total. The third-order valence-electron chi connectivity index (χ3n) is 2.27. The van der Waals surface area contributed by atoms with E-state index in [2.05, 4.69) is 26.0 Å². The van der Waals surface area contributed by atoms with Gasteiger partial charge >= 0.3 is 0 Å². The van der Waals surface area contributed by atoms with E-state index in [1.807, 2.05) is 20.8 Å². The minimum absolute atomic E-state index is 0.318. The molecule has 0 saturated carbocycles. The number of halogens is 1. The summed E-state index contributed by atoms with van der Waals surface area (Å²) < 4.78 is 4.55. The fourth-order valence-electron chi connectivity index (χ4n) is 1.45. The first kappa shape index (κ1) is 15.9. The van der Waals surface area contributed by atoms with Gasteiger partial charge in [0.2, 0.25) is 0 Å². The number of carbonyl (C=O) groups excluding carboxylic acids is 1. The molecule has 1 aliphatic rings. The number of carbonyl (C=O) groups is 1. The summed E-state index contributed by atoms with van der Waals surface area (Å²) >= 11 is 3.44. The van der Waals surface area contributed by atoms with Crippen molar-refractivity contribution >= 4 is 22.4 Å². The maximum absolute atomic E-state index is 9.60. The average molecular weight is 294 g/mol. The van der Waals surface area contributed by atoms with Crippen LogP contribution in [0, 0.1) is 0 Å². The van der Waals surface area contributed by atoms with E-state index in [9.17, 15) is 4.79 Å². The van der Waals surface area contributed by atoms with Crippen molar-refractivity contribution < 1.29 is 9.53 Å². The molecule has 3 nitrogen and oxygen atoms in total. The van der Waals surface area contributed by atoms with Crippen LogP contribution >= 0.6 is 15.9 Å². The summed E-state index contributed by atoms with van der Waals surface area (Å²) in [5.41, 5.74) is -0.318. The van der Waals surface area contributed by atoms with Gasteiger partial charge in [0, 0.05) is 11.4 Å². The van der Waals surface area contributed by atoms with E-state index in [1.54, 1.807) is 0 Å². The highest BCUT2D eigenvalue weighted by atomic mass is 79.9. The van der Waals surface area contributed by atoms with Gasteiger partial charge in [-0.2, -0.15) is 0 Å². The Morgan fingerprint density at radius 1 is 1.44 bits per heavy atom. The zero-order valence-electron chi connectivity index (χ0n) is 10.6. The Balaban J connectivity index is 0.000000293. The summed E-state index contributed by atoms with van der Waals surface area (Å²) in [6.07, 6.45) is 5.47. The van der Waals surface area contributed by atoms with Crippen LogP contribution in [-0.4, -0.2) is 30.0 Å². The standard InChI is InChI=1S/C7H14BrN.C5H10O2/c8-5-4-7-3-1-2-6-9-7;1-5(2,3)7-4-6/h7,9H,1-6H2;4H,1-3H3. The van der Waals surface area contributed by atoms with Crippen molar-refractivity contribution in [3.8, 4) is 0 Å². The first-order chi connectivity index (χ1) is 7.49. The minimum Gasteiger partial charge on any atom is -0.462 e. The third-order valence-corrected chi connectivity index (χ3v) is 2.73. The van der Waals surface area contributed by atoms with Crippen molar-refractivity contribution in [2.75, 3.05) is 11.9 Å². The van der Waals surface area contributed by atoms with E-state index in [0.717, 1.165) is 11.4 Å². The summed E-state index contributed by atoms with van der Waals surface area (Å²) in [5.74, 6) is 0. The van der Waals surface area contributed by atoms with Gasteiger partial charge in [-0.05, 0) is 46.6 Å². The topological polar surface area (TPSA) is 38.3 Å². The Morgan fingerprint density at radius 3 is 2.44 bits per heavy atom. The molecule has 1 aliphatic heterocycles. The first-order valence-corrected chi connectivity index (χ1v) is 7.02. The molecular formula is C12H24BrNO2. The second-order valence-electron chi connectivity index (χ2n) is 4.95. The Morgan fingerprint density at radius 2 is 2.12 bits per heavy atom. The van der Waals surface area contributed by atoms with Crippen LogP contribution in [-0.2, 0) is 9.53 Å². The third kappa shape index (κ3) is 10.4. The quantitative estimate of drug-likeness (QED) is 0.642. The van der Waals surface area contributed by atoms with Crippen LogP contribution < -0.4 is 5.32 Å². The monoisotopic (exact) mass is 293 g/mol. The van der Waals surface area contributed by atoms with Crippen molar-refractivity contribution in [1.82, 2.24) is 5.32 Å². The van der Waals surface area contributed by atoms with E-state index >= 15 is 0 Å². The Bertz CT molecular complexity index is 172. The molecular weight excluding hydrogens is 270 g/mol. The van der Waals surface area contributed by atoms with Gasteiger partial charge in [-0.1, -0.05) is 22.4 Å². The van der Waals surface area contributed by atoms with E-state index in [1.165, 1.54) is 32.2 Å². The predicted molar refractivity (Wildman–Crippen MR) is 71.0 cm³/mol. The van der Waals surface area contributed by atoms with Gasteiger partial charge < -0.3 is 10.1 Å². The lowest BCUT2D eigenvalue weighted by molar-refractivity contribution is -0.138. The molecule has 0 spiro atoms. The highest BCUT2D eigenvalue weighted by molar-refractivity contribution is 9.09. The molecule has 0 radical (unpaired) electrons. The number of ether oxygens (including phenoxy) is 1. The maximum atomic E-state index is 9.60. The lowest BCUT2D eigenvalue weighted by Gasteiger charge is -2.22. The molecule has 0 aromatic heterocycles. The second kappa shape index (κ2) is 8.99. The lowest BCUT2D eigenvalue weighted by Crippen LogP contribution is -2.34. The molecule has 1 fully saturated rings. The van der Waals surface area contributed by atoms with Crippen LogP contribution in [0.25, 0.3) is 0 Å². The van der Waals surface area contributed by atoms with Gasteiger partial charge in [-0.15, -0.1) is 0 Å². The highest BCUT2D eigenvalue weighted by Crippen LogP contribution is 2.10. The van der Waals surface area contributed by atoms with Crippen molar-refractivity contribution in [3.05, 3.63) is 0 Å². The number of hydrogen-bond donors (Lipinski definition) is 1. The lowest BCUT2D eigenvalue weighted by atomic mass is 10.0. The smallest absolute Gasteiger partial charge is 0.293 e. The van der Waals surface area contributed by atoms with E-state index in [0.29, 0.717) is 6.47 Å². The molecule has 1 rings (SSSR count). The second-order valence-corrected chi connectivity index (χ2v) is 5.74. The molecule has 1 unspecified atom stereocenters. The molecule has 16 heavy (non-hydrogen) atoms. The molecule has 0 aliphatic carbocycles. The van der Waals surface area contributed by atoms with Gasteiger partial charge in [0.1, 0.15) is 5.60 Å². The number of piperidine rings is 1. The molecule has 1 heterocycles. The summed E-state index contributed by atoms with van der Waals surface area (Å²) in [7, 11) is 0. The fraction of sp³-hybridized carbons (Fsp3) is 0.917. The van der Waals surface area contributed by atoms with Gasteiger partial charge in [-0.3, -0.25) is 4.79 Å². The number of nitrogens with one attached hydrogen (secondary N) is 1. The molecule has 0 bridgehead atoms. The zero-order valence-corrected chi connectivity index (χ0v) is 12.2. The summed E-state index contributed by atoms with van der Waals surface area (Å²) in [5, 5.41) is 4.63. The van der Waals surface area contributed by atoms with Crippen LogP contribution in [0.15, 0.2) is 0 Å². The van der Waals surface area contributed by atoms with Crippen LogP contribution in [0.4, 0.5) is 0 Å². The number of alkyl halides is 1. The first-order valence-electron chi connectivity index (χ1n) is 5.90. The van der Waals surface area contributed by atoms with Gasteiger partial charge in [0.15, 0.2) is 0 Å². The van der Waals surface area contributed by atoms with Crippen LogP contribution in [0.2, 0.25) is 0 Å². The molecule has 0 amide bonds. The predicted octanol–water partition coefficient (Wildman–Crippen LogP) is 2.87. The zero-order chi connectivity index (χ0) is 12.4. The van der Waals surface area contributed by atoms with Crippen molar-refractivity contribution in [2.24, 2.45) is 0 Å². The number of hydrogen-bond acceptors (Lipinski definition) is 3. The normalized spacial score (nSPS) is 20.6. The highest BCUT2D eigenvalue weighted by Gasteiger charge is 2.10. The van der Waals surface area contributed by atoms with Crippen LogP contribution in [0.5, 0.6) is 0 Å². The Kier molecular flexibility index (Phi) is 8.94. The van der Waals surface area contributed by atoms with Crippen molar-refractivity contribution in [2.45, 2.75) is 58.1 Å². The van der Waals surface area contributed by atoms with Gasteiger partial charge in [0.05, 0.1) is 0 Å². The van der Waals surface area contributed by atoms with Gasteiger partial charge in [0.25, 0.3) is 6.47 Å². The molecule has 1 saturated heterocycles. The summed E-state index contributed by atoms with van der Waals surface area (Å²) in [6.45, 7) is 7.15. The van der Waals surface area contributed by atoms with Crippen LogP contribution in [0.1, 0.15) is 46.5 Å². The van der Waals surface area contributed by atoms with Crippen LogP contribution in [0.3, 0.4) is 0 Å². The van der Waals surface area contributed by atoms with Crippen molar-refractivity contribution in [3.63, 3.8) is 0 Å². The maximum Gasteiger partial charge on any atom is 0.293 e. The SMILES string of the molecule is BrCCC1CCCCN1.CC(C)(C)OC=O. The number of rotatable bonds is 3. The van der Waals surface area contributed by atoms with Crippen molar-refractivity contribution in [1.29, 1.82) is 0 Å². The molecule has 0 aromatic rings. The van der Waals surface area contributed by atoms with E-state index < -0.39 is 0 Å². The Labute approximate surface area is 107 Å². The van der Waals surface area contributed by atoms with E-state index in [4.69, 9.17) is 0 Å². The summed E-state index contributed by atoms with van der Waals surface area (Å²) in [4.78, 5) is 9.60.